The number of anilines is 1. The summed E-state index contributed by atoms with van der Waals surface area (Å²) in [5.74, 6) is 0.145. The molecule has 0 aromatic carbocycles. The molecule has 22 heavy (non-hydrogen) atoms. The molecule has 2 aromatic rings. The average Bonchev–Trinajstić information content (AvgIpc) is 2.93. The molecule has 4 N–H and O–H groups in total. The molecular weight excluding hydrogens is 286 g/mol. The highest BCUT2D eigenvalue weighted by atomic mass is 16.5. The van der Waals surface area contributed by atoms with Crippen molar-refractivity contribution in [3.05, 3.63) is 18.5 Å². The minimum Gasteiger partial charge on any atom is -0.412 e. The summed E-state index contributed by atoms with van der Waals surface area (Å²) in [6.45, 7) is 2.13. The number of hydrogen-bond acceptors (Lipinski definition) is 5. The van der Waals surface area contributed by atoms with Gasteiger partial charge in [-0.25, -0.2) is 9.67 Å². The lowest BCUT2D eigenvalue weighted by atomic mass is 9.97. The summed E-state index contributed by atoms with van der Waals surface area (Å²) in [4.78, 5) is 16.6. The SMILES string of the molecule is COCn1ncc2c(NC(=O)C3CCNCC3)ccnc21.O. The van der Waals surface area contributed by atoms with Crippen LogP contribution in [0.3, 0.4) is 0 Å². The fourth-order valence-corrected chi connectivity index (χ4v) is 2.62. The Bertz CT molecular complexity index is 636. The van der Waals surface area contributed by atoms with Crippen molar-refractivity contribution in [1.29, 1.82) is 0 Å². The summed E-state index contributed by atoms with van der Waals surface area (Å²) >= 11 is 0. The van der Waals surface area contributed by atoms with Crippen molar-refractivity contribution in [2.24, 2.45) is 5.92 Å². The van der Waals surface area contributed by atoms with Crippen molar-refractivity contribution in [3.63, 3.8) is 0 Å². The van der Waals surface area contributed by atoms with Crippen LogP contribution in [0.15, 0.2) is 18.5 Å². The summed E-state index contributed by atoms with van der Waals surface area (Å²) in [6, 6.07) is 1.81. The average molecular weight is 307 g/mol. The molecule has 3 rings (SSSR count). The third kappa shape index (κ3) is 3.24. The third-order valence-electron chi connectivity index (χ3n) is 3.76. The number of carbonyl (C=O) groups is 1. The molecule has 1 fully saturated rings. The summed E-state index contributed by atoms with van der Waals surface area (Å²) in [6.07, 6.45) is 5.14. The van der Waals surface area contributed by atoms with Crippen LogP contribution in [-0.2, 0) is 16.3 Å². The highest BCUT2D eigenvalue weighted by Crippen LogP contribution is 2.23. The number of methoxy groups -OCH3 is 1. The quantitative estimate of drug-likeness (QED) is 0.835. The van der Waals surface area contributed by atoms with Gasteiger partial charge in [0.2, 0.25) is 5.91 Å². The topological polar surface area (TPSA) is 113 Å². The van der Waals surface area contributed by atoms with Crippen LogP contribution in [0.4, 0.5) is 5.69 Å². The molecule has 0 spiro atoms. The number of piperidine rings is 1. The monoisotopic (exact) mass is 307 g/mol. The largest absolute Gasteiger partial charge is 0.412 e. The molecule has 1 aliphatic rings. The summed E-state index contributed by atoms with van der Waals surface area (Å²) in [7, 11) is 1.61. The first kappa shape index (κ1) is 16.3. The lowest BCUT2D eigenvalue weighted by Gasteiger charge is -2.21. The Labute approximate surface area is 128 Å². The molecular formula is C14H21N5O3. The molecule has 1 aliphatic heterocycles. The maximum Gasteiger partial charge on any atom is 0.227 e. The van der Waals surface area contributed by atoms with Crippen molar-refractivity contribution in [1.82, 2.24) is 20.1 Å². The zero-order chi connectivity index (χ0) is 14.7. The van der Waals surface area contributed by atoms with Gasteiger partial charge in [0.25, 0.3) is 0 Å². The first-order valence-corrected chi connectivity index (χ1v) is 7.10. The van der Waals surface area contributed by atoms with Crippen LogP contribution in [0, 0.1) is 5.92 Å². The second kappa shape index (κ2) is 7.30. The zero-order valence-electron chi connectivity index (χ0n) is 12.5. The van der Waals surface area contributed by atoms with Gasteiger partial charge in [0, 0.05) is 19.2 Å². The van der Waals surface area contributed by atoms with Gasteiger partial charge in [0.05, 0.1) is 17.3 Å². The van der Waals surface area contributed by atoms with Crippen molar-refractivity contribution >= 4 is 22.6 Å². The predicted molar refractivity (Wildman–Crippen MR) is 82.4 cm³/mol. The molecule has 1 saturated heterocycles. The van der Waals surface area contributed by atoms with Gasteiger partial charge in [-0.15, -0.1) is 0 Å². The van der Waals surface area contributed by atoms with E-state index in [4.69, 9.17) is 4.74 Å². The van der Waals surface area contributed by atoms with Crippen LogP contribution >= 0.6 is 0 Å². The lowest BCUT2D eigenvalue weighted by molar-refractivity contribution is -0.120. The Hall–Kier alpha value is -2.03. The van der Waals surface area contributed by atoms with E-state index in [2.05, 4.69) is 20.7 Å². The van der Waals surface area contributed by atoms with E-state index in [9.17, 15) is 4.79 Å². The molecule has 0 atom stereocenters. The van der Waals surface area contributed by atoms with E-state index < -0.39 is 0 Å². The number of fused-ring (bicyclic) bond motifs is 1. The molecule has 0 saturated carbocycles. The predicted octanol–water partition coefficient (Wildman–Crippen LogP) is 0.149. The van der Waals surface area contributed by atoms with E-state index in [-0.39, 0.29) is 17.3 Å². The highest BCUT2D eigenvalue weighted by molar-refractivity contribution is 6.00. The molecule has 0 unspecified atom stereocenters. The van der Waals surface area contributed by atoms with E-state index in [0.29, 0.717) is 12.4 Å². The Morgan fingerprint density at radius 2 is 2.27 bits per heavy atom. The molecule has 1 amide bonds. The summed E-state index contributed by atoms with van der Waals surface area (Å²) < 4.78 is 6.74. The van der Waals surface area contributed by atoms with Gasteiger partial charge in [-0.05, 0) is 32.0 Å². The van der Waals surface area contributed by atoms with Crippen LogP contribution in [0.5, 0.6) is 0 Å². The van der Waals surface area contributed by atoms with Gasteiger partial charge in [-0.3, -0.25) is 4.79 Å². The first-order valence-electron chi connectivity index (χ1n) is 7.10. The second-order valence-corrected chi connectivity index (χ2v) is 5.17. The molecule has 120 valence electrons. The Morgan fingerprint density at radius 1 is 1.50 bits per heavy atom. The molecule has 8 heteroatoms. The van der Waals surface area contributed by atoms with Crippen LogP contribution in [0.25, 0.3) is 11.0 Å². The molecule has 0 bridgehead atoms. The number of nitrogens with zero attached hydrogens (tertiary/aromatic N) is 3. The van der Waals surface area contributed by atoms with Crippen molar-refractivity contribution in [2.75, 3.05) is 25.5 Å². The number of carbonyl (C=O) groups excluding carboxylic acids is 1. The Kier molecular flexibility index (Phi) is 5.42. The smallest absolute Gasteiger partial charge is 0.227 e. The van der Waals surface area contributed by atoms with E-state index >= 15 is 0 Å². The van der Waals surface area contributed by atoms with Gasteiger partial charge < -0.3 is 20.8 Å². The van der Waals surface area contributed by atoms with Crippen LogP contribution in [0.1, 0.15) is 12.8 Å². The van der Waals surface area contributed by atoms with Crippen LogP contribution in [0.2, 0.25) is 0 Å². The molecule has 2 aromatic heterocycles. The number of rotatable bonds is 4. The number of hydrogen-bond donors (Lipinski definition) is 2. The normalized spacial score (nSPS) is 15.5. The number of aromatic nitrogens is 3. The maximum atomic E-state index is 12.3. The number of pyridine rings is 1. The Balaban J connectivity index is 0.00000176. The fraction of sp³-hybridized carbons (Fsp3) is 0.500. The number of ether oxygens (including phenoxy) is 1. The molecule has 0 aliphatic carbocycles. The van der Waals surface area contributed by atoms with E-state index in [1.54, 1.807) is 30.3 Å². The summed E-state index contributed by atoms with van der Waals surface area (Å²) in [5.41, 5.74) is 1.46. The van der Waals surface area contributed by atoms with E-state index in [0.717, 1.165) is 37.0 Å². The minimum absolute atomic E-state index is 0. The Morgan fingerprint density at radius 3 is 3.00 bits per heavy atom. The molecule has 3 heterocycles. The van der Waals surface area contributed by atoms with Gasteiger partial charge in [0.1, 0.15) is 6.73 Å². The lowest BCUT2D eigenvalue weighted by Crippen LogP contribution is -2.34. The van der Waals surface area contributed by atoms with Crippen LogP contribution in [-0.4, -0.2) is 46.3 Å². The number of nitrogens with one attached hydrogen (secondary N) is 2. The summed E-state index contributed by atoms with van der Waals surface area (Å²) in [5, 5.41) is 11.3. The van der Waals surface area contributed by atoms with Gasteiger partial charge in [-0.1, -0.05) is 0 Å². The standard InChI is InChI=1S/C14H19N5O2.H2O/c1-21-9-19-13-11(8-17-19)12(4-7-16-13)18-14(20)10-2-5-15-6-3-10;/h4,7-8,10,15H,2-3,5-6,9H2,1H3,(H,16,18,20);1H2. The van der Waals surface area contributed by atoms with Gasteiger partial charge in [0.15, 0.2) is 5.65 Å². The highest BCUT2D eigenvalue weighted by Gasteiger charge is 2.21. The van der Waals surface area contributed by atoms with Gasteiger partial charge in [-0.2, -0.15) is 5.10 Å². The molecule has 8 nitrogen and oxygen atoms in total. The minimum atomic E-state index is 0. The first-order chi connectivity index (χ1) is 10.3. The van der Waals surface area contributed by atoms with Crippen molar-refractivity contribution in [2.45, 2.75) is 19.6 Å². The number of amides is 1. The van der Waals surface area contributed by atoms with E-state index in [1.165, 1.54) is 0 Å². The zero-order valence-corrected chi connectivity index (χ0v) is 12.5. The third-order valence-corrected chi connectivity index (χ3v) is 3.76. The second-order valence-electron chi connectivity index (χ2n) is 5.17. The maximum absolute atomic E-state index is 12.3. The van der Waals surface area contributed by atoms with E-state index in [1.807, 2.05) is 0 Å². The van der Waals surface area contributed by atoms with Crippen molar-refractivity contribution in [3.8, 4) is 0 Å². The van der Waals surface area contributed by atoms with Crippen LogP contribution < -0.4 is 10.6 Å². The molecule has 0 radical (unpaired) electrons. The van der Waals surface area contributed by atoms with Crippen molar-refractivity contribution < 1.29 is 15.0 Å². The van der Waals surface area contributed by atoms with Gasteiger partial charge >= 0.3 is 0 Å². The fourth-order valence-electron chi connectivity index (χ4n) is 2.62.